The van der Waals surface area contributed by atoms with Gasteiger partial charge in [0.05, 0.1) is 37.8 Å². The molecule has 0 aromatic carbocycles. The van der Waals surface area contributed by atoms with E-state index in [4.69, 9.17) is 14.2 Å². The molecule has 9 heteroatoms. The normalized spacial score (nSPS) is 36.6. The van der Waals surface area contributed by atoms with Gasteiger partial charge in [-0.1, -0.05) is 19.3 Å². The lowest BCUT2D eigenvalue weighted by Gasteiger charge is -2.45. The smallest absolute Gasteiger partial charge is 0.315 e. The van der Waals surface area contributed by atoms with Crippen molar-refractivity contribution in [1.29, 1.82) is 0 Å². The molecule has 4 aliphatic rings. The highest BCUT2D eigenvalue weighted by Gasteiger charge is 2.53. The van der Waals surface area contributed by atoms with E-state index in [1.165, 1.54) is 13.5 Å². The summed E-state index contributed by atoms with van der Waals surface area (Å²) in [6.07, 6.45) is 5.20. The number of hydrogen-bond acceptors (Lipinski definition) is 7. The molecule has 3 N–H and O–H groups in total. The first-order valence-electron chi connectivity index (χ1n) is 10.9. The monoisotopic (exact) mass is 411 g/mol. The number of piperidine rings is 1. The van der Waals surface area contributed by atoms with Crippen LogP contribution in [-0.2, 0) is 19.0 Å². The van der Waals surface area contributed by atoms with Gasteiger partial charge in [-0.05, 0) is 38.8 Å². The first kappa shape index (κ1) is 20.8. The van der Waals surface area contributed by atoms with Crippen LogP contribution in [0.5, 0.6) is 0 Å². The van der Waals surface area contributed by atoms with Crippen LogP contribution in [0.3, 0.4) is 0 Å². The molecule has 0 aromatic rings. The van der Waals surface area contributed by atoms with Crippen LogP contribution in [-0.4, -0.2) is 85.4 Å². The van der Waals surface area contributed by atoms with E-state index in [1.807, 2.05) is 0 Å². The van der Waals surface area contributed by atoms with Gasteiger partial charge in [-0.3, -0.25) is 9.69 Å². The van der Waals surface area contributed by atoms with Crippen LogP contribution in [0, 0.1) is 5.92 Å². The van der Waals surface area contributed by atoms with Gasteiger partial charge in [-0.15, -0.1) is 0 Å². The molecule has 2 bridgehead atoms. The summed E-state index contributed by atoms with van der Waals surface area (Å²) in [6, 6.07) is -0.947. The number of methoxy groups -OCH3 is 1. The summed E-state index contributed by atoms with van der Waals surface area (Å²) in [5.41, 5.74) is 0. The van der Waals surface area contributed by atoms with Crippen molar-refractivity contribution in [2.75, 3.05) is 26.8 Å². The zero-order valence-electron chi connectivity index (χ0n) is 17.0. The van der Waals surface area contributed by atoms with Gasteiger partial charge in [0.15, 0.2) is 6.29 Å². The van der Waals surface area contributed by atoms with Gasteiger partial charge in [0.2, 0.25) is 0 Å². The third-order valence-electron chi connectivity index (χ3n) is 6.85. The molecule has 3 aliphatic heterocycles. The zero-order chi connectivity index (χ0) is 20.4. The molecule has 164 valence electrons. The molecular formula is C20H33N3O6. The number of carbonyl (C=O) groups is 2. The van der Waals surface area contributed by atoms with E-state index in [0.29, 0.717) is 32.5 Å². The van der Waals surface area contributed by atoms with E-state index in [1.54, 1.807) is 0 Å². The summed E-state index contributed by atoms with van der Waals surface area (Å²) >= 11 is 0. The first-order chi connectivity index (χ1) is 14.1. The van der Waals surface area contributed by atoms with Gasteiger partial charge < -0.3 is 30.0 Å². The van der Waals surface area contributed by atoms with Crippen molar-refractivity contribution < 1.29 is 28.9 Å². The fourth-order valence-corrected chi connectivity index (χ4v) is 5.19. The lowest BCUT2D eigenvalue weighted by molar-refractivity contribution is -0.185. The Balaban J connectivity index is 1.36. The number of urea groups is 1. The second-order valence-corrected chi connectivity index (χ2v) is 8.67. The number of rotatable bonds is 4. The number of hydrogen-bond donors (Lipinski definition) is 3. The number of aliphatic hydroxyl groups is 1. The number of nitrogens with one attached hydrogen (secondary N) is 2. The van der Waals surface area contributed by atoms with E-state index >= 15 is 0 Å². The van der Waals surface area contributed by atoms with E-state index in [9.17, 15) is 14.7 Å². The predicted octanol–water partition coefficient (Wildman–Crippen LogP) is 0.357. The highest BCUT2D eigenvalue weighted by molar-refractivity contribution is 5.74. The van der Waals surface area contributed by atoms with Crippen molar-refractivity contribution in [3.63, 3.8) is 0 Å². The lowest BCUT2D eigenvalue weighted by atomic mass is 9.90. The number of carbonyl (C=O) groups excluding carboxylic acids is 2. The van der Waals surface area contributed by atoms with Crippen LogP contribution in [0.25, 0.3) is 0 Å². The Kier molecular flexibility index (Phi) is 6.58. The summed E-state index contributed by atoms with van der Waals surface area (Å²) in [4.78, 5) is 26.4. The maximum absolute atomic E-state index is 12.5. The molecule has 1 aliphatic carbocycles. The van der Waals surface area contributed by atoms with Gasteiger partial charge in [0, 0.05) is 6.04 Å². The summed E-state index contributed by atoms with van der Waals surface area (Å²) in [5.74, 6) is -0.286. The summed E-state index contributed by atoms with van der Waals surface area (Å²) in [6.45, 7) is 1.65. The molecule has 0 radical (unpaired) electrons. The first-order valence-corrected chi connectivity index (χ1v) is 10.9. The standard InChI is InChI=1S/C20H33N3O6/c1-27-18(25)12-7-9-23(10-8-12)16-17(24)15(14-11-28-19(16)29-14)22-20(26)21-13-5-3-2-4-6-13/h12-17,19,24H,2-11H2,1H3,(H2,21,22,26). The molecule has 0 spiro atoms. The average Bonchev–Trinajstić information content (AvgIpc) is 3.17. The van der Waals surface area contributed by atoms with Crippen molar-refractivity contribution in [3.05, 3.63) is 0 Å². The third kappa shape index (κ3) is 4.52. The third-order valence-corrected chi connectivity index (χ3v) is 6.85. The minimum absolute atomic E-state index is 0.106. The zero-order valence-corrected chi connectivity index (χ0v) is 17.0. The SMILES string of the molecule is COC(=O)C1CCN(C2C3OCC(O3)C(NC(=O)NC3CCCCC3)C2O)CC1. The van der Waals surface area contributed by atoms with Gasteiger partial charge in [-0.25, -0.2) is 4.79 Å². The number of ether oxygens (including phenoxy) is 3. The number of nitrogens with zero attached hydrogens (tertiary/aromatic N) is 1. The van der Waals surface area contributed by atoms with Crippen LogP contribution in [0.1, 0.15) is 44.9 Å². The van der Waals surface area contributed by atoms with Crippen molar-refractivity contribution >= 4 is 12.0 Å². The fraction of sp³-hybridized carbons (Fsp3) is 0.900. The Labute approximate surface area is 171 Å². The summed E-state index contributed by atoms with van der Waals surface area (Å²) in [7, 11) is 1.41. The molecule has 9 nitrogen and oxygen atoms in total. The minimum Gasteiger partial charge on any atom is -0.469 e. The van der Waals surface area contributed by atoms with Crippen LogP contribution in [0.4, 0.5) is 4.79 Å². The van der Waals surface area contributed by atoms with Crippen molar-refractivity contribution in [2.24, 2.45) is 5.92 Å². The average molecular weight is 411 g/mol. The molecule has 3 saturated heterocycles. The van der Waals surface area contributed by atoms with Crippen molar-refractivity contribution in [1.82, 2.24) is 15.5 Å². The lowest BCUT2D eigenvalue weighted by Crippen LogP contribution is -2.67. The molecule has 0 aromatic heterocycles. The van der Waals surface area contributed by atoms with Crippen LogP contribution < -0.4 is 10.6 Å². The second kappa shape index (κ2) is 9.16. The van der Waals surface area contributed by atoms with E-state index < -0.39 is 18.4 Å². The van der Waals surface area contributed by atoms with Crippen LogP contribution >= 0.6 is 0 Å². The number of fused-ring (bicyclic) bond motifs is 2. The molecule has 4 fully saturated rings. The Hall–Kier alpha value is -1.42. The number of amides is 2. The Morgan fingerprint density at radius 1 is 1.07 bits per heavy atom. The summed E-state index contributed by atoms with van der Waals surface area (Å²) < 4.78 is 16.6. The van der Waals surface area contributed by atoms with Gasteiger partial charge in [-0.2, -0.15) is 0 Å². The minimum atomic E-state index is -0.798. The Bertz CT molecular complexity index is 591. The molecule has 1 saturated carbocycles. The second-order valence-electron chi connectivity index (χ2n) is 8.67. The quantitative estimate of drug-likeness (QED) is 0.573. The molecule has 29 heavy (non-hydrogen) atoms. The van der Waals surface area contributed by atoms with Gasteiger partial charge in [0.1, 0.15) is 6.10 Å². The van der Waals surface area contributed by atoms with E-state index in [-0.39, 0.29) is 36.1 Å². The molecule has 5 unspecified atom stereocenters. The van der Waals surface area contributed by atoms with E-state index in [2.05, 4.69) is 15.5 Å². The van der Waals surface area contributed by atoms with Crippen molar-refractivity contribution in [3.8, 4) is 0 Å². The maximum Gasteiger partial charge on any atom is 0.315 e. The van der Waals surface area contributed by atoms with Crippen molar-refractivity contribution in [2.45, 2.75) is 81.6 Å². The number of aliphatic hydroxyl groups excluding tert-OH is 1. The van der Waals surface area contributed by atoms with Crippen LogP contribution in [0.15, 0.2) is 0 Å². The number of esters is 1. The molecule has 4 rings (SSSR count). The highest BCUT2D eigenvalue weighted by Crippen LogP contribution is 2.33. The molecule has 2 amide bonds. The van der Waals surface area contributed by atoms with Gasteiger partial charge >= 0.3 is 12.0 Å². The largest absolute Gasteiger partial charge is 0.469 e. The summed E-state index contributed by atoms with van der Waals surface area (Å²) in [5, 5.41) is 17.1. The number of likely N-dealkylation sites (tertiary alicyclic amines) is 1. The van der Waals surface area contributed by atoms with Crippen LogP contribution in [0.2, 0.25) is 0 Å². The maximum atomic E-state index is 12.5. The molecular weight excluding hydrogens is 378 g/mol. The molecule has 3 heterocycles. The fourth-order valence-electron chi connectivity index (χ4n) is 5.19. The Morgan fingerprint density at radius 2 is 1.79 bits per heavy atom. The Morgan fingerprint density at radius 3 is 2.48 bits per heavy atom. The topological polar surface area (TPSA) is 109 Å². The predicted molar refractivity (Wildman–Crippen MR) is 103 cm³/mol. The molecule has 5 atom stereocenters. The highest BCUT2D eigenvalue weighted by atomic mass is 16.7. The van der Waals surface area contributed by atoms with E-state index in [0.717, 1.165) is 25.7 Å². The van der Waals surface area contributed by atoms with Gasteiger partial charge in [0.25, 0.3) is 0 Å².